The van der Waals surface area contributed by atoms with Crippen molar-refractivity contribution in [1.29, 1.82) is 0 Å². The van der Waals surface area contributed by atoms with E-state index in [0.29, 0.717) is 12.5 Å². The number of aliphatic hydroxyl groups excluding tert-OH is 1. The molecule has 0 saturated heterocycles. The van der Waals surface area contributed by atoms with E-state index in [1.807, 2.05) is 0 Å². The van der Waals surface area contributed by atoms with Gasteiger partial charge in [-0.15, -0.1) is 0 Å². The molecule has 0 spiro atoms. The van der Waals surface area contributed by atoms with Crippen molar-refractivity contribution in [3.8, 4) is 0 Å². The Kier molecular flexibility index (Phi) is 2.89. The molecule has 0 radical (unpaired) electrons. The normalized spacial score (nSPS) is 42.5. The van der Waals surface area contributed by atoms with Gasteiger partial charge in [-0.2, -0.15) is 0 Å². The third-order valence-corrected chi connectivity index (χ3v) is 5.36. The van der Waals surface area contributed by atoms with Gasteiger partial charge in [-0.3, -0.25) is 0 Å². The molecule has 2 fully saturated rings. The molecule has 2 rings (SSSR count). The largest absolute Gasteiger partial charge is 0.450 e. The number of nitrogens with one attached hydrogen (secondary N) is 1. The monoisotopic (exact) mass is 241 g/mol. The number of alkyl carbamates (subject to hydrolysis) is 1. The molecule has 4 atom stereocenters. The summed E-state index contributed by atoms with van der Waals surface area (Å²) in [5.41, 5.74) is -0.0294. The quantitative estimate of drug-likeness (QED) is 0.776. The van der Waals surface area contributed by atoms with E-state index in [2.05, 4.69) is 26.1 Å². The topological polar surface area (TPSA) is 58.6 Å². The summed E-state index contributed by atoms with van der Waals surface area (Å²) in [7, 11) is 0. The number of carbonyl (C=O) groups excluding carboxylic acids is 1. The van der Waals surface area contributed by atoms with Crippen molar-refractivity contribution in [2.24, 2.45) is 16.7 Å². The van der Waals surface area contributed by atoms with Crippen LogP contribution in [0.5, 0.6) is 0 Å². The molecule has 2 bridgehead atoms. The van der Waals surface area contributed by atoms with E-state index in [0.717, 1.165) is 12.8 Å². The van der Waals surface area contributed by atoms with Crippen molar-refractivity contribution in [3.05, 3.63) is 0 Å². The molecule has 4 heteroatoms. The van der Waals surface area contributed by atoms with Crippen molar-refractivity contribution in [2.75, 3.05) is 6.61 Å². The van der Waals surface area contributed by atoms with Crippen LogP contribution in [0.15, 0.2) is 0 Å². The van der Waals surface area contributed by atoms with Crippen molar-refractivity contribution >= 4 is 6.09 Å². The molecule has 98 valence electrons. The average Bonchev–Trinajstić information content (AvgIpc) is 2.53. The molecule has 0 aromatic carbocycles. The molecular formula is C13H23NO3. The Morgan fingerprint density at radius 1 is 1.47 bits per heavy atom. The van der Waals surface area contributed by atoms with Crippen LogP contribution in [-0.2, 0) is 4.74 Å². The highest BCUT2D eigenvalue weighted by molar-refractivity contribution is 5.68. The molecule has 2 aliphatic carbocycles. The Morgan fingerprint density at radius 3 is 2.59 bits per heavy atom. The molecule has 0 unspecified atom stereocenters. The van der Waals surface area contributed by atoms with Gasteiger partial charge in [0.05, 0.1) is 18.8 Å². The smallest absolute Gasteiger partial charge is 0.407 e. The van der Waals surface area contributed by atoms with Gasteiger partial charge in [0, 0.05) is 5.41 Å². The fourth-order valence-electron chi connectivity index (χ4n) is 3.82. The predicted molar refractivity (Wildman–Crippen MR) is 64.6 cm³/mol. The van der Waals surface area contributed by atoms with Crippen LogP contribution in [0.3, 0.4) is 0 Å². The second-order valence-electron chi connectivity index (χ2n) is 6.12. The SMILES string of the molecule is CCOC(=O)N[C@H]1[C@H]2CC[C@@](C)([C@@H]1O)C2(C)C. The zero-order chi connectivity index (χ0) is 12.8. The zero-order valence-electron chi connectivity index (χ0n) is 11.1. The van der Waals surface area contributed by atoms with Crippen LogP contribution in [0.25, 0.3) is 0 Å². The zero-order valence-corrected chi connectivity index (χ0v) is 11.1. The van der Waals surface area contributed by atoms with Crippen molar-refractivity contribution in [3.63, 3.8) is 0 Å². The lowest BCUT2D eigenvalue weighted by molar-refractivity contribution is -0.0000977. The second-order valence-corrected chi connectivity index (χ2v) is 6.12. The van der Waals surface area contributed by atoms with Crippen LogP contribution in [0, 0.1) is 16.7 Å². The summed E-state index contributed by atoms with van der Waals surface area (Å²) >= 11 is 0. The highest BCUT2D eigenvalue weighted by atomic mass is 16.5. The Hall–Kier alpha value is -0.770. The molecule has 2 N–H and O–H groups in total. The lowest BCUT2D eigenvalue weighted by Crippen LogP contribution is -2.49. The number of fused-ring (bicyclic) bond motifs is 2. The first-order valence-electron chi connectivity index (χ1n) is 6.46. The van der Waals surface area contributed by atoms with Gasteiger partial charge >= 0.3 is 6.09 Å². The first-order valence-corrected chi connectivity index (χ1v) is 6.46. The van der Waals surface area contributed by atoms with Gasteiger partial charge in [0.15, 0.2) is 0 Å². The summed E-state index contributed by atoms with van der Waals surface area (Å²) in [5, 5.41) is 13.3. The first kappa shape index (κ1) is 12.7. The lowest BCUT2D eigenvalue weighted by atomic mass is 9.70. The molecule has 0 heterocycles. The molecule has 17 heavy (non-hydrogen) atoms. The highest BCUT2D eigenvalue weighted by Gasteiger charge is 2.66. The lowest BCUT2D eigenvalue weighted by Gasteiger charge is -2.37. The van der Waals surface area contributed by atoms with E-state index in [1.54, 1.807) is 6.92 Å². The number of carbonyl (C=O) groups is 1. The molecule has 1 amide bonds. The Morgan fingerprint density at radius 2 is 2.12 bits per heavy atom. The first-order chi connectivity index (χ1) is 7.84. The van der Waals surface area contributed by atoms with Gasteiger partial charge in [-0.25, -0.2) is 4.79 Å². The van der Waals surface area contributed by atoms with Crippen LogP contribution in [0.2, 0.25) is 0 Å². The summed E-state index contributed by atoms with van der Waals surface area (Å²) in [4.78, 5) is 11.5. The van der Waals surface area contributed by atoms with Gasteiger partial charge in [0.1, 0.15) is 0 Å². The van der Waals surface area contributed by atoms with Crippen LogP contribution < -0.4 is 5.32 Å². The minimum absolute atomic E-state index is 0.0660. The number of hydrogen-bond donors (Lipinski definition) is 2. The summed E-state index contributed by atoms with van der Waals surface area (Å²) in [6.45, 7) is 8.66. The molecule has 0 aromatic heterocycles. The van der Waals surface area contributed by atoms with E-state index in [4.69, 9.17) is 4.74 Å². The van der Waals surface area contributed by atoms with E-state index in [1.165, 1.54) is 0 Å². The standard InChI is InChI=1S/C13H23NO3/c1-5-17-11(16)14-9-8-6-7-13(4,10(9)15)12(8,2)3/h8-10,15H,5-7H2,1-4H3,(H,14,16)/t8-,9+,10-,13+/m1/s1. The van der Waals surface area contributed by atoms with Gasteiger partial charge in [-0.05, 0) is 31.1 Å². The van der Waals surface area contributed by atoms with Gasteiger partial charge in [-0.1, -0.05) is 20.8 Å². The van der Waals surface area contributed by atoms with E-state index in [-0.39, 0.29) is 16.9 Å². The molecule has 4 nitrogen and oxygen atoms in total. The van der Waals surface area contributed by atoms with Crippen LogP contribution >= 0.6 is 0 Å². The number of amides is 1. The minimum Gasteiger partial charge on any atom is -0.450 e. The molecule has 2 aliphatic rings. The maximum atomic E-state index is 11.5. The van der Waals surface area contributed by atoms with Crippen molar-refractivity contribution in [2.45, 2.75) is 52.7 Å². The second kappa shape index (κ2) is 3.87. The Labute approximate surface area is 103 Å². The van der Waals surface area contributed by atoms with Crippen molar-refractivity contribution in [1.82, 2.24) is 5.32 Å². The number of rotatable bonds is 2. The fourth-order valence-corrected chi connectivity index (χ4v) is 3.82. The van der Waals surface area contributed by atoms with Crippen LogP contribution in [0.4, 0.5) is 4.79 Å². The third-order valence-electron chi connectivity index (χ3n) is 5.36. The van der Waals surface area contributed by atoms with Crippen molar-refractivity contribution < 1.29 is 14.6 Å². The fraction of sp³-hybridized carbons (Fsp3) is 0.923. The Balaban J connectivity index is 2.14. The highest BCUT2D eigenvalue weighted by Crippen LogP contribution is 2.65. The van der Waals surface area contributed by atoms with Crippen LogP contribution in [0.1, 0.15) is 40.5 Å². The summed E-state index contributed by atoms with van der Waals surface area (Å²) < 4.78 is 4.90. The van der Waals surface area contributed by atoms with E-state index in [9.17, 15) is 9.90 Å². The minimum atomic E-state index is -0.472. The van der Waals surface area contributed by atoms with Gasteiger partial charge < -0.3 is 15.2 Å². The van der Waals surface area contributed by atoms with E-state index >= 15 is 0 Å². The number of ether oxygens (including phenoxy) is 1. The predicted octanol–water partition coefficient (Wildman–Crippen LogP) is 1.92. The molecule has 0 aliphatic heterocycles. The Bertz CT molecular complexity index is 329. The summed E-state index contributed by atoms with van der Waals surface area (Å²) in [5.74, 6) is 0.340. The number of aliphatic hydroxyl groups is 1. The molecule has 2 saturated carbocycles. The number of hydrogen-bond acceptors (Lipinski definition) is 3. The van der Waals surface area contributed by atoms with Gasteiger partial charge in [0.25, 0.3) is 0 Å². The maximum Gasteiger partial charge on any atom is 0.407 e. The third kappa shape index (κ3) is 1.57. The maximum absolute atomic E-state index is 11.5. The van der Waals surface area contributed by atoms with Gasteiger partial charge in [0.2, 0.25) is 0 Å². The molecular weight excluding hydrogens is 218 g/mol. The van der Waals surface area contributed by atoms with E-state index < -0.39 is 12.2 Å². The summed E-state index contributed by atoms with van der Waals surface area (Å²) in [6.07, 6.45) is 1.22. The van der Waals surface area contributed by atoms with Crippen LogP contribution in [-0.4, -0.2) is 30.0 Å². The summed E-state index contributed by atoms with van der Waals surface area (Å²) in [6, 6.07) is -0.164. The average molecular weight is 241 g/mol. The molecule has 0 aromatic rings.